The highest BCUT2D eigenvalue weighted by atomic mass is 16.5. The Labute approximate surface area is 245 Å². The summed E-state index contributed by atoms with van der Waals surface area (Å²) in [5.74, 6) is 1.78. The summed E-state index contributed by atoms with van der Waals surface area (Å²) in [4.78, 5) is 18.7. The third kappa shape index (κ3) is 7.17. The number of ether oxygens (including phenoxy) is 2. The number of amides is 2. The normalized spacial score (nSPS) is 17.4. The van der Waals surface area contributed by atoms with Gasteiger partial charge in [-0.05, 0) is 57.2 Å². The average Bonchev–Trinajstić information content (AvgIpc) is 2.94. The van der Waals surface area contributed by atoms with Crippen LogP contribution in [0.2, 0.25) is 0 Å². The first-order valence-corrected chi connectivity index (χ1v) is 14.9. The van der Waals surface area contributed by atoms with Gasteiger partial charge in [-0.25, -0.2) is 9.79 Å². The molecule has 1 aliphatic heterocycles. The fraction of sp³-hybridized carbons (Fsp3) is 0.429. The van der Waals surface area contributed by atoms with Gasteiger partial charge in [0.2, 0.25) is 0 Å². The van der Waals surface area contributed by atoms with Crippen LogP contribution in [-0.2, 0) is 10.4 Å². The smallest absolute Gasteiger partial charge is 0.322 e. The molecule has 2 atom stereocenters. The molecule has 0 fully saturated rings. The van der Waals surface area contributed by atoms with Crippen LogP contribution in [0, 0.1) is 33.6 Å². The minimum absolute atomic E-state index is 0.314. The molecule has 0 saturated heterocycles. The van der Waals surface area contributed by atoms with E-state index in [1.165, 1.54) is 19.3 Å². The van der Waals surface area contributed by atoms with Gasteiger partial charge in [-0.3, -0.25) is 5.32 Å². The molecule has 3 aromatic carbocycles. The number of aryl methyl sites for hydroxylation is 4. The summed E-state index contributed by atoms with van der Waals surface area (Å²) in [5.41, 5.74) is 5.76. The van der Waals surface area contributed by atoms with E-state index in [0.29, 0.717) is 30.7 Å². The number of aliphatic imine (C=N–C) groups is 1. The predicted molar refractivity (Wildman–Crippen MR) is 167 cm³/mol. The monoisotopic (exact) mass is 555 g/mol. The van der Waals surface area contributed by atoms with Gasteiger partial charge >= 0.3 is 6.03 Å². The van der Waals surface area contributed by atoms with Crippen LogP contribution in [0.1, 0.15) is 78.5 Å². The largest absolute Gasteiger partial charge is 0.491 e. The zero-order valence-corrected chi connectivity index (χ0v) is 25.5. The van der Waals surface area contributed by atoms with Crippen LogP contribution in [0.5, 0.6) is 5.75 Å². The minimum atomic E-state index is -1.18. The van der Waals surface area contributed by atoms with Crippen molar-refractivity contribution in [3.63, 3.8) is 0 Å². The highest BCUT2D eigenvalue weighted by Gasteiger charge is 2.43. The van der Waals surface area contributed by atoms with Crippen molar-refractivity contribution in [1.29, 1.82) is 0 Å². The van der Waals surface area contributed by atoms with Crippen LogP contribution >= 0.6 is 0 Å². The zero-order valence-electron chi connectivity index (χ0n) is 25.5. The molecular formula is C35H45N3O3. The molecular weight excluding hydrogens is 510 g/mol. The van der Waals surface area contributed by atoms with Crippen molar-refractivity contribution in [3.8, 4) is 5.75 Å². The maximum absolute atomic E-state index is 13.4. The molecule has 0 aromatic heterocycles. The number of amidine groups is 1. The summed E-state index contributed by atoms with van der Waals surface area (Å²) >= 11 is 0. The summed E-state index contributed by atoms with van der Waals surface area (Å²) in [6, 6.07) is 19.9. The number of hydrogen-bond donors (Lipinski definition) is 2. The van der Waals surface area contributed by atoms with Gasteiger partial charge in [0.25, 0.3) is 0 Å². The van der Waals surface area contributed by atoms with Gasteiger partial charge in [0.15, 0.2) is 5.66 Å². The Morgan fingerprint density at radius 3 is 2.32 bits per heavy atom. The van der Waals surface area contributed by atoms with E-state index in [-0.39, 0.29) is 6.03 Å². The van der Waals surface area contributed by atoms with Crippen molar-refractivity contribution in [1.82, 2.24) is 10.6 Å². The molecule has 218 valence electrons. The molecule has 0 aliphatic carbocycles. The molecule has 3 aromatic rings. The van der Waals surface area contributed by atoms with E-state index in [4.69, 9.17) is 14.5 Å². The maximum Gasteiger partial charge on any atom is 0.322 e. The molecule has 6 nitrogen and oxygen atoms in total. The number of unbranched alkanes of at least 4 members (excludes halogenated alkanes) is 1. The van der Waals surface area contributed by atoms with Crippen molar-refractivity contribution < 1.29 is 14.3 Å². The molecule has 4 rings (SSSR count). The van der Waals surface area contributed by atoms with Crippen molar-refractivity contribution in [2.24, 2.45) is 10.9 Å². The summed E-state index contributed by atoms with van der Waals surface area (Å²) in [6.07, 6.45) is 4.76. The van der Waals surface area contributed by atoms with E-state index < -0.39 is 5.66 Å². The Morgan fingerprint density at radius 2 is 1.61 bits per heavy atom. The van der Waals surface area contributed by atoms with Crippen LogP contribution < -0.4 is 15.4 Å². The first kappa shape index (κ1) is 30.3. The van der Waals surface area contributed by atoms with Gasteiger partial charge in [-0.15, -0.1) is 0 Å². The predicted octanol–water partition coefficient (Wildman–Crippen LogP) is 7.49. The summed E-state index contributed by atoms with van der Waals surface area (Å²) in [5, 5.41) is 6.16. The third-order valence-electron chi connectivity index (χ3n) is 7.87. The summed E-state index contributed by atoms with van der Waals surface area (Å²) in [7, 11) is 0. The van der Waals surface area contributed by atoms with Crippen molar-refractivity contribution in [2.45, 2.75) is 72.9 Å². The number of hydrogen-bond acceptors (Lipinski definition) is 4. The Balaban J connectivity index is 1.71. The molecule has 2 unspecified atom stereocenters. The van der Waals surface area contributed by atoms with Crippen LogP contribution in [0.4, 0.5) is 4.79 Å². The molecule has 0 spiro atoms. The molecule has 0 saturated carbocycles. The summed E-state index contributed by atoms with van der Waals surface area (Å²) in [6.45, 7) is 14.3. The van der Waals surface area contributed by atoms with Gasteiger partial charge in [0, 0.05) is 23.3 Å². The van der Waals surface area contributed by atoms with Crippen molar-refractivity contribution >= 4 is 11.9 Å². The van der Waals surface area contributed by atoms with Crippen molar-refractivity contribution in [2.75, 3.05) is 19.8 Å². The quantitative estimate of drug-likeness (QED) is 0.215. The zero-order chi connectivity index (χ0) is 29.4. The number of carbonyl (C=O) groups is 1. The van der Waals surface area contributed by atoms with Gasteiger partial charge in [-0.1, -0.05) is 98.8 Å². The second-order valence-corrected chi connectivity index (χ2v) is 11.2. The highest BCUT2D eigenvalue weighted by Crippen LogP contribution is 2.40. The molecule has 1 heterocycles. The van der Waals surface area contributed by atoms with Crippen molar-refractivity contribution in [3.05, 3.63) is 99.6 Å². The number of nitrogens with zero attached hydrogens (tertiary/aromatic N) is 1. The van der Waals surface area contributed by atoms with Crippen LogP contribution in [0.15, 0.2) is 65.7 Å². The molecule has 1 aliphatic rings. The second kappa shape index (κ2) is 13.8. The molecule has 2 amide bonds. The number of para-hydroxylation sites is 1. The average molecular weight is 556 g/mol. The fourth-order valence-electron chi connectivity index (χ4n) is 5.60. The van der Waals surface area contributed by atoms with Gasteiger partial charge in [0.05, 0.1) is 6.61 Å². The van der Waals surface area contributed by atoms with Crippen LogP contribution in [-0.4, -0.2) is 31.7 Å². The number of rotatable bonds is 13. The SMILES string of the molecule is CCCCC(CC)COCCOc1ccccc1C1(c2ccc(C)cc2C)N=C(c2ccc(C)cc2C)NC(=O)N1. The first-order chi connectivity index (χ1) is 19.8. The standard InChI is InChI=1S/C35H45N3O3/c1-7-9-12-28(8-2)23-40-19-20-41-32-14-11-10-13-31(32)35(30-18-16-25(4)22-27(30)6)37-33(36-34(39)38-35)29-17-15-24(3)21-26(29)5/h10-11,13-18,21-22,28H,7-9,12,19-20,23H2,1-6H3,(H2,36,37,38,39). The molecule has 41 heavy (non-hydrogen) atoms. The first-order valence-electron chi connectivity index (χ1n) is 14.9. The number of urea groups is 1. The Morgan fingerprint density at radius 1 is 0.878 bits per heavy atom. The lowest BCUT2D eigenvalue weighted by atomic mass is 9.86. The van der Waals surface area contributed by atoms with Crippen LogP contribution in [0.25, 0.3) is 0 Å². The van der Waals surface area contributed by atoms with E-state index in [9.17, 15) is 4.79 Å². The third-order valence-corrected chi connectivity index (χ3v) is 7.87. The van der Waals surface area contributed by atoms with Gasteiger partial charge in [-0.2, -0.15) is 0 Å². The van der Waals surface area contributed by atoms with Gasteiger partial charge in [0.1, 0.15) is 18.2 Å². The Hall–Kier alpha value is -3.64. The molecule has 0 bridgehead atoms. The van der Waals surface area contributed by atoms with Crippen LogP contribution in [0.3, 0.4) is 0 Å². The molecule has 2 N–H and O–H groups in total. The van der Waals surface area contributed by atoms with Gasteiger partial charge < -0.3 is 14.8 Å². The topological polar surface area (TPSA) is 72.0 Å². The lowest BCUT2D eigenvalue weighted by Gasteiger charge is -2.38. The Kier molecular flexibility index (Phi) is 10.2. The lowest BCUT2D eigenvalue weighted by Crippen LogP contribution is -2.57. The summed E-state index contributed by atoms with van der Waals surface area (Å²) < 4.78 is 12.4. The Bertz CT molecular complexity index is 1380. The van der Waals surface area contributed by atoms with E-state index in [0.717, 1.165) is 52.0 Å². The lowest BCUT2D eigenvalue weighted by molar-refractivity contribution is 0.0694. The maximum atomic E-state index is 13.4. The second-order valence-electron chi connectivity index (χ2n) is 11.2. The van der Waals surface area contributed by atoms with E-state index in [2.05, 4.69) is 69.5 Å². The highest BCUT2D eigenvalue weighted by molar-refractivity contribution is 6.10. The minimum Gasteiger partial charge on any atom is -0.491 e. The fourth-order valence-corrected chi connectivity index (χ4v) is 5.60. The van der Waals surface area contributed by atoms with E-state index in [1.807, 2.05) is 43.3 Å². The number of carbonyl (C=O) groups excluding carboxylic acids is 1. The van der Waals surface area contributed by atoms with E-state index in [1.54, 1.807) is 0 Å². The number of benzene rings is 3. The molecule has 0 radical (unpaired) electrons. The molecule has 6 heteroatoms. The number of nitrogens with one attached hydrogen (secondary N) is 2. The van der Waals surface area contributed by atoms with E-state index >= 15 is 0 Å².